The van der Waals surface area contributed by atoms with Gasteiger partial charge in [0.1, 0.15) is 11.4 Å². The number of amides is 1. The number of hydrogen-bond acceptors (Lipinski definition) is 9. The van der Waals surface area contributed by atoms with Crippen LogP contribution in [0.3, 0.4) is 0 Å². The van der Waals surface area contributed by atoms with Gasteiger partial charge in [-0.15, -0.1) is 15.2 Å². The van der Waals surface area contributed by atoms with Crippen LogP contribution in [0.15, 0.2) is 52.3 Å². The summed E-state index contributed by atoms with van der Waals surface area (Å²) in [7, 11) is 0. The number of rotatable bonds is 5. The molecular formula is C21H18N7O3S+. The third kappa shape index (κ3) is 3.35. The predicted octanol–water partition coefficient (Wildman–Crippen LogP) is 1.65. The lowest BCUT2D eigenvalue weighted by molar-refractivity contribution is -0.759. The zero-order chi connectivity index (χ0) is 21.5. The molecule has 0 radical (unpaired) electrons. The number of carbonyl (C=O) groups is 1. The van der Waals surface area contributed by atoms with Gasteiger partial charge >= 0.3 is 5.88 Å². The van der Waals surface area contributed by atoms with Crippen LogP contribution in [-0.2, 0) is 9.53 Å². The number of nitrogens with zero attached hydrogens (tertiary/aromatic N) is 6. The highest BCUT2D eigenvalue weighted by Crippen LogP contribution is 2.44. The van der Waals surface area contributed by atoms with Crippen molar-refractivity contribution < 1.29 is 18.8 Å². The molecule has 2 aromatic heterocycles. The van der Waals surface area contributed by atoms with Crippen molar-refractivity contribution in [1.82, 2.24) is 20.5 Å². The monoisotopic (exact) mass is 448 g/mol. The van der Waals surface area contributed by atoms with Gasteiger partial charge in [-0.1, -0.05) is 48.2 Å². The van der Waals surface area contributed by atoms with Gasteiger partial charge in [-0.3, -0.25) is 14.6 Å². The summed E-state index contributed by atoms with van der Waals surface area (Å²) < 4.78 is 10.5. The molecule has 0 spiro atoms. The summed E-state index contributed by atoms with van der Waals surface area (Å²) >= 11 is 1.22. The molecule has 3 heterocycles. The van der Waals surface area contributed by atoms with E-state index in [1.165, 1.54) is 11.8 Å². The molecule has 2 aliphatic rings. The Hall–Kier alpha value is -3.57. The van der Waals surface area contributed by atoms with Gasteiger partial charge in [0.25, 0.3) is 6.20 Å². The number of aromatic nitrogens is 5. The summed E-state index contributed by atoms with van der Waals surface area (Å²) in [5.41, 5.74) is 3.67. The van der Waals surface area contributed by atoms with Gasteiger partial charge < -0.3 is 4.74 Å². The fourth-order valence-corrected chi connectivity index (χ4v) is 4.55. The summed E-state index contributed by atoms with van der Waals surface area (Å²) in [6, 6.07) is 12.3. The summed E-state index contributed by atoms with van der Waals surface area (Å²) in [5, 5.41) is 20.0. The van der Waals surface area contributed by atoms with Crippen molar-refractivity contribution in [3.8, 4) is 22.5 Å². The van der Waals surface area contributed by atoms with E-state index in [4.69, 9.17) is 9.26 Å². The van der Waals surface area contributed by atoms with Crippen LogP contribution in [0.4, 0.5) is 5.88 Å². The largest absolute Gasteiger partial charge is 0.377 e. The first-order valence-electron chi connectivity index (χ1n) is 10.2. The first-order valence-corrected chi connectivity index (χ1v) is 11.2. The van der Waals surface area contributed by atoms with Crippen LogP contribution in [0.5, 0.6) is 0 Å². The summed E-state index contributed by atoms with van der Waals surface area (Å²) in [5.74, 6) is 0.155. The molecule has 10 nitrogen and oxygen atoms in total. The van der Waals surface area contributed by atoms with Crippen molar-refractivity contribution in [3.63, 3.8) is 0 Å². The van der Waals surface area contributed by atoms with Gasteiger partial charge in [-0.2, -0.15) is 0 Å². The highest BCUT2D eigenvalue weighted by molar-refractivity contribution is 7.99. The molecule has 0 bridgehead atoms. The molecular weight excluding hydrogens is 430 g/mol. The number of thioether (sulfide) groups is 1. The van der Waals surface area contributed by atoms with Crippen molar-refractivity contribution >= 4 is 34.3 Å². The number of fused-ring (bicyclic) bond motifs is 3. The molecule has 1 fully saturated rings. The van der Waals surface area contributed by atoms with Gasteiger partial charge in [-0.25, -0.2) is 4.98 Å². The van der Waals surface area contributed by atoms with Crippen molar-refractivity contribution in [3.05, 3.63) is 42.6 Å². The fourth-order valence-electron chi connectivity index (χ4n) is 3.97. The van der Waals surface area contributed by atoms with E-state index in [0.717, 1.165) is 33.3 Å². The van der Waals surface area contributed by atoms with E-state index in [1.54, 1.807) is 11.0 Å². The standard InChI is InChI=1S/C21H17N7O3S/c29-16(22-17-11-28(26-31-17)27-7-9-30-10-8-27)12-32-21-23-19-14-5-1-3-13-4-2-6-15(18(13)14)20(19)24-25-21/h1-6,11H,7-10,12H2/p+1. The molecule has 1 saturated heterocycles. The van der Waals surface area contributed by atoms with Crippen LogP contribution in [0.25, 0.3) is 33.3 Å². The molecule has 1 N–H and O–H groups in total. The molecule has 2 aromatic carbocycles. The van der Waals surface area contributed by atoms with Crippen molar-refractivity contribution in [2.24, 2.45) is 0 Å². The Morgan fingerprint density at radius 3 is 2.69 bits per heavy atom. The van der Waals surface area contributed by atoms with Crippen LogP contribution in [0.2, 0.25) is 0 Å². The van der Waals surface area contributed by atoms with E-state index >= 15 is 0 Å². The molecule has 11 heteroatoms. The van der Waals surface area contributed by atoms with Crippen LogP contribution >= 0.6 is 11.8 Å². The molecule has 1 amide bonds. The molecule has 0 unspecified atom stereocenters. The highest BCUT2D eigenvalue weighted by Gasteiger charge is 2.26. The van der Waals surface area contributed by atoms with E-state index in [9.17, 15) is 4.79 Å². The van der Waals surface area contributed by atoms with Gasteiger partial charge in [0.15, 0.2) is 0 Å². The Kier molecular flexibility index (Phi) is 4.69. The average molecular weight is 448 g/mol. The second-order valence-electron chi connectivity index (χ2n) is 7.39. The lowest BCUT2D eigenvalue weighted by atomic mass is 10.0. The lowest BCUT2D eigenvalue weighted by Gasteiger charge is -2.18. The first-order chi connectivity index (χ1) is 15.8. The van der Waals surface area contributed by atoms with Gasteiger partial charge in [0.05, 0.1) is 36.8 Å². The quantitative estimate of drug-likeness (QED) is 0.317. The number of anilines is 1. The minimum atomic E-state index is -0.241. The summed E-state index contributed by atoms with van der Waals surface area (Å²) in [6.45, 7) is 2.68. The van der Waals surface area contributed by atoms with E-state index in [1.807, 2.05) is 29.3 Å². The number of carbonyl (C=O) groups excluding carboxylic acids is 1. The Labute approximate surface area is 186 Å². The van der Waals surface area contributed by atoms with Crippen LogP contribution in [0.1, 0.15) is 0 Å². The van der Waals surface area contributed by atoms with E-state index in [-0.39, 0.29) is 17.5 Å². The molecule has 0 saturated carbocycles. The zero-order valence-electron chi connectivity index (χ0n) is 16.9. The number of benzene rings is 2. The second-order valence-corrected chi connectivity index (χ2v) is 8.33. The fraction of sp³-hybridized carbons (Fsp3) is 0.238. The van der Waals surface area contributed by atoms with Crippen LogP contribution in [-0.4, -0.2) is 58.4 Å². The van der Waals surface area contributed by atoms with E-state index in [0.29, 0.717) is 31.5 Å². The molecule has 6 rings (SSSR count). The zero-order valence-corrected chi connectivity index (χ0v) is 17.7. The molecule has 160 valence electrons. The lowest BCUT2D eigenvalue weighted by Crippen LogP contribution is -2.62. The van der Waals surface area contributed by atoms with Crippen molar-refractivity contribution in [1.29, 1.82) is 0 Å². The minimum absolute atomic E-state index is 0.121. The van der Waals surface area contributed by atoms with E-state index < -0.39 is 0 Å². The predicted molar refractivity (Wildman–Crippen MR) is 117 cm³/mol. The van der Waals surface area contributed by atoms with Crippen LogP contribution < -0.4 is 15.1 Å². The Morgan fingerprint density at radius 2 is 1.88 bits per heavy atom. The first kappa shape index (κ1) is 19.1. The Morgan fingerprint density at radius 1 is 1.09 bits per heavy atom. The second kappa shape index (κ2) is 7.84. The Balaban J connectivity index is 1.14. The molecule has 4 aromatic rings. The normalized spacial score (nSPS) is 14.6. The van der Waals surface area contributed by atoms with E-state index in [2.05, 4.69) is 37.9 Å². The number of nitrogens with one attached hydrogen (secondary N) is 1. The smallest absolute Gasteiger partial charge is 0.305 e. The number of morpholine rings is 1. The summed E-state index contributed by atoms with van der Waals surface area (Å²) in [6.07, 6.45) is 1.64. The SMILES string of the molecule is O=C(CSc1nnc2c(n1)-c1cccc3cccc-2c13)Nc1c[n+](N2CCOCC2)no1. The molecule has 32 heavy (non-hydrogen) atoms. The summed E-state index contributed by atoms with van der Waals surface area (Å²) in [4.78, 5) is 18.7. The molecule has 1 aliphatic heterocycles. The third-order valence-electron chi connectivity index (χ3n) is 5.41. The topological polar surface area (TPSA) is 110 Å². The van der Waals surface area contributed by atoms with Crippen molar-refractivity contribution in [2.45, 2.75) is 5.16 Å². The number of ether oxygens (including phenoxy) is 1. The van der Waals surface area contributed by atoms with Gasteiger partial charge in [-0.05, 0) is 5.39 Å². The van der Waals surface area contributed by atoms with Gasteiger partial charge in [0.2, 0.25) is 16.3 Å². The third-order valence-corrected chi connectivity index (χ3v) is 6.25. The maximum atomic E-state index is 12.4. The maximum Gasteiger partial charge on any atom is 0.305 e. The average Bonchev–Trinajstić information content (AvgIpc) is 3.43. The van der Waals surface area contributed by atoms with Crippen molar-refractivity contribution in [2.75, 3.05) is 42.4 Å². The maximum absolute atomic E-state index is 12.4. The van der Waals surface area contributed by atoms with Gasteiger partial charge in [0, 0.05) is 16.5 Å². The number of hydrogen-bond donors (Lipinski definition) is 1. The highest BCUT2D eigenvalue weighted by atomic mass is 32.2. The molecule has 0 atom stereocenters. The minimum Gasteiger partial charge on any atom is -0.377 e. The van der Waals surface area contributed by atoms with Crippen LogP contribution in [0, 0.1) is 0 Å². The molecule has 1 aliphatic carbocycles. The Bertz CT molecular complexity index is 1330.